The molecule has 0 unspecified atom stereocenters. The number of rotatable bonds is 4. The van der Waals surface area contributed by atoms with Crippen LogP contribution in [0.25, 0.3) is 0 Å². The Balaban J connectivity index is 1.65. The Morgan fingerprint density at radius 3 is 2.75 bits per heavy atom. The van der Waals surface area contributed by atoms with Crippen LogP contribution in [0.1, 0.15) is 31.2 Å². The van der Waals surface area contributed by atoms with Gasteiger partial charge in [-0.25, -0.2) is 0 Å². The van der Waals surface area contributed by atoms with Gasteiger partial charge in [-0.1, -0.05) is 12.1 Å². The fraction of sp³-hybridized carbons (Fsp3) is 0.571. The first kappa shape index (κ1) is 10.2. The molecule has 0 spiro atoms. The maximum absolute atomic E-state index is 3.57. The van der Waals surface area contributed by atoms with Crippen molar-refractivity contribution >= 4 is 5.69 Å². The van der Waals surface area contributed by atoms with Gasteiger partial charge in [0.15, 0.2) is 0 Å². The lowest BCUT2D eigenvalue weighted by Gasteiger charge is -2.18. The number of benzene rings is 1. The summed E-state index contributed by atoms with van der Waals surface area (Å²) in [5.74, 6) is 0. The molecule has 16 heavy (non-hydrogen) atoms. The molecule has 1 heterocycles. The maximum atomic E-state index is 3.57. The molecule has 3 rings (SSSR count). The van der Waals surface area contributed by atoms with Crippen LogP contribution in [0.15, 0.2) is 24.3 Å². The van der Waals surface area contributed by atoms with Gasteiger partial charge in [0.1, 0.15) is 0 Å². The fourth-order valence-corrected chi connectivity index (χ4v) is 2.39. The highest BCUT2D eigenvalue weighted by atomic mass is 15.1. The number of nitrogens with one attached hydrogen (secondary N) is 1. The van der Waals surface area contributed by atoms with Gasteiger partial charge < -0.3 is 10.2 Å². The molecule has 2 fully saturated rings. The predicted octanol–water partition coefficient (Wildman–Crippen LogP) is 2.54. The van der Waals surface area contributed by atoms with Crippen LogP contribution in [0.3, 0.4) is 0 Å². The molecular weight excluding hydrogens is 196 g/mol. The average molecular weight is 216 g/mol. The minimum absolute atomic E-state index is 0.801. The van der Waals surface area contributed by atoms with Crippen molar-refractivity contribution < 1.29 is 0 Å². The SMILES string of the molecule is c1cc(CNC2CC2)cc(N2CCCC2)c1. The minimum Gasteiger partial charge on any atom is -0.372 e. The van der Waals surface area contributed by atoms with E-state index in [9.17, 15) is 0 Å². The zero-order valence-corrected chi connectivity index (χ0v) is 9.78. The Morgan fingerprint density at radius 1 is 1.19 bits per heavy atom. The van der Waals surface area contributed by atoms with Crippen LogP contribution in [-0.2, 0) is 6.54 Å². The summed E-state index contributed by atoms with van der Waals surface area (Å²) in [5, 5.41) is 3.57. The van der Waals surface area contributed by atoms with Crippen LogP contribution >= 0.6 is 0 Å². The van der Waals surface area contributed by atoms with Gasteiger partial charge >= 0.3 is 0 Å². The Kier molecular flexibility index (Phi) is 2.83. The molecule has 1 aromatic rings. The van der Waals surface area contributed by atoms with Crippen molar-refractivity contribution in [3.05, 3.63) is 29.8 Å². The molecule has 0 aromatic heterocycles. The van der Waals surface area contributed by atoms with Crippen LogP contribution in [0, 0.1) is 0 Å². The van der Waals surface area contributed by atoms with Gasteiger partial charge in [-0.2, -0.15) is 0 Å². The second kappa shape index (κ2) is 4.46. The standard InChI is InChI=1S/C14H20N2/c1-2-9-16(8-1)14-5-3-4-12(10-14)11-15-13-6-7-13/h3-5,10,13,15H,1-2,6-9,11H2. The molecule has 2 aliphatic rings. The van der Waals surface area contributed by atoms with Gasteiger partial charge in [-0.3, -0.25) is 0 Å². The zero-order valence-electron chi connectivity index (χ0n) is 9.78. The Morgan fingerprint density at radius 2 is 2.00 bits per heavy atom. The molecule has 0 atom stereocenters. The second-order valence-electron chi connectivity index (χ2n) is 5.02. The molecule has 1 saturated heterocycles. The van der Waals surface area contributed by atoms with E-state index < -0.39 is 0 Å². The highest BCUT2D eigenvalue weighted by molar-refractivity contribution is 5.49. The van der Waals surface area contributed by atoms with Gasteiger partial charge in [0.25, 0.3) is 0 Å². The van der Waals surface area contributed by atoms with Crippen molar-refractivity contribution in [3.8, 4) is 0 Å². The minimum atomic E-state index is 0.801. The normalized spacial score (nSPS) is 20.4. The number of hydrogen-bond donors (Lipinski definition) is 1. The summed E-state index contributed by atoms with van der Waals surface area (Å²) in [6.07, 6.45) is 5.44. The lowest BCUT2D eigenvalue weighted by Crippen LogP contribution is -2.19. The van der Waals surface area contributed by atoms with Crippen LogP contribution in [0.4, 0.5) is 5.69 Å². The summed E-state index contributed by atoms with van der Waals surface area (Å²) in [5.41, 5.74) is 2.84. The van der Waals surface area contributed by atoms with Crippen LogP contribution in [0.2, 0.25) is 0 Å². The van der Waals surface area contributed by atoms with Gasteiger partial charge in [0.2, 0.25) is 0 Å². The van der Waals surface area contributed by atoms with Gasteiger partial charge in [0.05, 0.1) is 0 Å². The number of hydrogen-bond acceptors (Lipinski definition) is 2. The van der Waals surface area contributed by atoms with Crippen LogP contribution in [-0.4, -0.2) is 19.1 Å². The summed E-state index contributed by atoms with van der Waals surface area (Å²) in [7, 11) is 0. The molecule has 0 amide bonds. The van der Waals surface area contributed by atoms with E-state index in [1.807, 2.05) is 0 Å². The van der Waals surface area contributed by atoms with E-state index in [1.165, 1.54) is 50.0 Å². The maximum Gasteiger partial charge on any atom is 0.0369 e. The molecule has 1 aliphatic heterocycles. The number of nitrogens with zero attached hydrogens (tertiary/aromatic N) is 1. The molecule has 86 valence electrons. The summed E-state index contributed by atoms with van der Waals surface area (Å²) < 4.78 is 0. The lowest BCUT2D eigenvalue weighted by molar-refractivity contribution is 0.687. The third-order valence-corrected chi connectivity index (χ3v) is 3.55. The first-order valence-corrected chi connectivity index (χ1v) is 6.49. The average Bonchev–Trinajstić information content (AvgIpc) is 2.99. The molecule has 0 bridgehead atoms. The van der Waals surface area contributed by atoms with Crippen molar-refractivity contribution in [2.75, 3.05) is 18.0 Å². The monoisotopic (exact) mass is 216 g/mol. The third kappa shape index (κ3) is 2.38. The molecule has 2 nitrogen and oxygen atoms in total. The Hall–Kier alpha value is -1.02. The van der Waals surface area contributed by atoms with Crippen molar-refractivity contribution in [2.45, 2.75) is 38.3 Å². The topological polar surface area (TPSA) is 15.3 Å². The first-order chi connectivity index (χ1) is 7.92. The molecule has 1 saturated carbocycles. The summed E-state index contributed by atoms with van der Waals surface area (Å²) in [4.78, 5) is 2.50. The molecule has 0 radical (unpaired) electrons. The molecule has 1 N–H and O–H groups in total. The second-order valence-corrected chi connectivity index (χ2v) is 5.02. The van der Waals surface area contributed by atoms with Crippen LogP contribution in [0.5, 0.6) is 0 Å². The van der Waals surface area contributed by atoms with E-state index in [1.54, 1.807) is 0 Å². The van der Waals surface area contributed by atoms with Gasteiger partial charge in [0, 0.05) is 31.4 Å². The lowest BCUT2D eigenvalue weighted by atomic mass is 10.2. The molecule has 1 aliphatic carbocycles. The van der Waals surface area contributed by atoms with E-state index in [0.29, 0.717) is 0 Å². The highest BCUT2D eigenvalue weighted by Gasteiger charge is 2.20. The van der Waals surface area contributed by atoms with Crippen molar-refractivity contribution in [2.24, 2.45) is 0 Å². The van der Waals surface area contributed by atoms with E-state index in [0.717, 1.165) is 12.6 Å². The largest absolute Gasteiger partial charge is 0.372 e. The van der Waals surface area contributed by atoms with Crippen molar-refractivity contribution in [3.63, 3.8) is 0 Å². The summed E-state index contributed by atoms with van der Waals surface area (Å²) >= 11 is 0. The van der Waals surface area contributed by atoms with Gasteiger partial charge in [-0.15, -0.1) is 0 Å². The zero-order chi connectivity index (χ0) is 10.8. The molecule has 1 aromatic carbocycles. The summed E-state index contributed by atoms with van der Waals surface area (Å²) in [6.45, 7) is 3.51. The quantitative estimate of drug-likeness (QED) is 0.832. The van der Waals surface area contributed by atoms with Gasteiger partial charge in [-0.05, 0) is 43.4 Å². The van der Waals surface area contributed by atoms with E-state index in [4.69, 9.17) is 0 Å². The third-order valence-electron chi connectivity index (χ3n) is 3.55. The van der Waals surface area contributed by atoms with Crippen LogP contribution < -0.4 is 10.2 Å². The van der Waals surface area contributed by atoms with E-state index in [-0.39, 0.29) is 0 Å². The molecular formula is C14H20N2. The van der Waals surface area contributed by atoms with E-state index in [2.05, 4.69) is 34.5 Å². The van der Waals surface area contributed by atoms with Crippen molar-refractivity contribution in [1.29, 1.82) is 0 Å². The fourth-order valence-electron chi connectivity index (χ4n) is 2.39. The van der Waals surface area contributed by atoms with Crippen molar-refractivity contribution in [1.82, 2.24) is 5.32 Å². The smallest absolute Gasteiger partial charge is 0.0369 e. The van der Waals surface area contributed by atoms with E-state index >= 15 is 0 Å². The predicted molar refractivity (Wildman–Crippen MR) is 67.8 cm³/mol. The highest BCUT2D eigenvalue weighted by Crippen LogP contribution is 2.22. The molecule has 2 heteroatoms. The number of anilines is 1. The first-order valence-electron chi connectivity index (χ1n) is 6.49. The Bertz CT molecular complexity index is 352. The Labute approximate surface area is 97.6 Å². The summed E-state index contributed by atoms with van der Waals surface area (Å²) in [6, 6.07) is 9.81.